The Morgan fingerprint density at radius 1 is 1.26 bits per heavy atom. The molecule has 2 rings (SSSR count). The zero-order valence-corrected chi connectivity index (χ0v) is 15.5. The van der Waals surface area contributed by atoms with E-state index in [-0.39, 0.29) is 17.1 Å². The van der Waals surface area contributed by atoms with Crippen molar-refractivity contribution >= 4 is 23.5 Å². The molecule has 0 heterocycles. The van der Waals surface area contributed by atoms with Crippen LogP contribution in [0.15, 0.2) is 36.4 Å². The van der Waals surface area contributed by atoms with E-state index in [1.165, 1.54) is 43.5 Å². The summed E-state index contributed by atoms with van der Waals surface area (Å²) in [7, 11) is 1.42. The summed E-state index contributed by atoms with van der Waals surface area (Å²) < 4.78 is 23.6. The molecular formula is C19H19ClFNO5. The number of carbonyl (C=O) groups excluding carboxylic acids is 1. The minimum absolute atomic E-state index is 0.174. The van der Waals surface area contributed by atoms with Crippen molar-refractivity contribution in [1.82, 2.24) is 5.32 Å². The SMILES string of the molecule is CCOc1c(Cl)cc(C(=O)NCC(C(=O)O)c2ccc(F)cc2)cc1OC. The molecule has 0 aliphatic heterocycles. The molecule has 0 spiro atoms. The lowest BCUT2D eigenvalue weighted by Gasteiger charge is -2.15. The first-order valence-corrected chi connectivity index (χ1v) is 8.52. The van der Waals surface area contributed by atoms with Crippen LogP contribution in [0.2, 0.25) is 5.02 Å². The molecule has 0 radical (unpaired) electrons. The van der Waals surface area contributed by atoms with Crippen LogP contribution in [0.3, 0.4) is 0 Å². The van der Waals surface area contributed by atoms with Crippen LogP contribution in [0.4, 0.5) is 4.39 Å². The Balaban J connectivity index is 2.17. The topological polar surface area (TPSA) is 84.9 Å². The fourth-order valence-electron chi connectivity index (χ4n) is 2.47. The van der Waals surface area contributed by atoms with Gasteiger partial charge in [-0.1, -0.05) is 23.7 Å². The quantitative estimate of drug-likeness (QED) is 0.714. The fraction of sp³-hybridized carbons (Fsp3) is 0.263. The van der Waals surface area contributed by atoms with Gasteiger partial charge in [-0.05, 0) is 36.8 Å². The van der Waals surface area contributed by atoms with Gasteiger partial charge in [-0.2, -0.15) is 0 Å². The number of nitrogens with one attached hydrogen (secondary N) is 1. The highest BCUT2D eigenvalue weighted by Gasteiger charge is 2.22. The Hall–Kier alpha value is -2.80. The number of carboxylic acid groups (broad SMARTS) is 1. The summed E-state index contributed by atoms with van der Waals surface area (Å²) >= 11 is 6.15. The Kier molecular flexibility index (Phi) is 7.01. The molecule has 8 heteroatoms. The monoisotopic (exact) mass is 395 g/mol. The number of benzene rings is 2. The zero-order chi connectivity index (χ0) is 20.0. The second kappa shape index (κ2) is 9.23. The number of methoxy groups -OCH3 is 1. The summed E-state index contributed by atoms with van der Waals surface area (Å²) in [6.45, 7) is 1.99. The standard InChI is InChI=1S/C19H19ClFNO5/c1-3-27-17-15(20)8-12(9-16(17)26-2)18(23)22-10-14(19(24)25)11-4-6-13(21)7-5-11/h4-9,14H,3,10H2,1-2H3,(H,22,23)(H,24,25). The predicted molar refractivity (Wildman–Crippen MR) is 98.3 cm³/mol. The summed E-state index contributed by atoms with van der Waals surface area (Å²) in [6, 6.07) is 7.96. The van der Waals surface area contributed by atoms with Gasteiger partial charge in [-0.15, -0.1) is 0 Å². The molecule has 0 aliphatic carbocycles. The average Bonchev–Trinajstić information content (AvgIpc) is 2.64. The van der Waals surface area contributed by atoms with Gasteiger partial charge in [0.1, 0.15) is 5.82 Å². The maximum Gasteiger partial charge on any atom is 0.312 e. The van der Waals surface area contributed by atoms with E-state index >= 15 is 0 Å². The highest BCUT2D eigenvalue weighted by molar-refractivity contribution is 6.32. The Bertz CT molecular complexity index is 826. The van der Waals surface area contributed by atoms with Gasteiger partial charge in [-0.3, -0.25) is 9.59 Å². The number of halogens is 2. The Labute approximate surface area is 160 Å². The number of aliphatic carboxylic acids is 1. The van der Waals surface area contributed by atoms with Gasteiger partial charge < -0.3 is 19.9 Å². The van der Waals surface area contributed by atoms with Gasteiger partial charge in [0.05, 0.1) is 24.7 Å². The van der Waals surface area contributed by atoms with Gasteiger partial charge in [0.2, 0.25) is 0 Å². The van der Waals surface area contributed by atoms with Crippen LogP contribution >= 0.6 is 11.6 Å². The molecule has 144 valence electrons. The first kappa shape index (κ1) is 20.5. The van der Waals surface area contributed by atoms with Crippen LogP contribution in [0.5, 0.6) is 11.5 Å². The molecule has 0 saturated heterocycles. The lowest BCUT2D eigenvalue weighted by molar-refractivity contribution is -0.138. The third kappa shape index (κ3) is 5.10. The maximum atomic E-state index is 13.0. The summed E-state index contributed by atoms with van der Waals surface area (Å²) in [4.78, 5) is 23.9. The number of hydrogen-bond donors (Lipinski definition) is 2. The van der Waals surface area contributed by atoms with Crippen molar-refractivity contribution in [3.8, 4) is 11.5 Å². The van der Waals surface area contributed by atoms with E-state index in [1.54, 1.807) is 6.92 Å². The molecule has 0 aliphatic rings. The Morgan fingerprint density at radius 3 is 2.48 bits per heavy atom. The third-order valence-corrected chi connectivity index (χ3v) is 4.10. The number of amides is 1. The summed E-state index contributed by atoms with van der Waals surface area (Å²) in [5.74, 6) is -2.52. The number of rotatable bonds is 8. The van der Waals surface area contributed by atoms with Gasteiger partial charge in [0.15, 0.2) is 11.5 Å². The van der Waals surface area contributed by atoms with Gasteiger partial charge in [-0.25, -0.2) is 4.39 Å². The second-order valence-corrected chi connectivity index (χ2v) is 5.98. The summed E-state index contributed by atoms with van der Waals surface area (Å²) in [5, 5.41) is 12.2. The smallest absolute Gasteiger partial charge is 0.312 e. The number of carbonyl (C=O) groups is 2. The molecule has 0 saturated carbocycles. The maximum absolute atomic E-state index is 13.0. The highest BCUT2D eigenvalue weighted by Crippen LogP contribution is 2.36. The van der Waals surface area contributed by atoms with E-state index in [1.807, 2.05) is 0 Å². The van der Waals surface area contributed by atoms with Crippen molar-refractivity contribution in [1.29, 1.82) is 0 Å². The van der Waals surface area contributed by atoms with Crippen molar-refractivity contribution in [2.75, 3.05) is 20.3 Å². The van der Waals surface area contributed by atoms with Crippen molar-refractivity contribution in [3.63, 3.8) is 0 Å². The van der Waals surface area contributed by atoms with Crippen molar-refractivity contribution < 1.29 is 28.6 Å². The first-order chi connectivity index (χ1) is 12.9. The van der Waals surface area contributed by atoms with E-state index in [9.17, 15) is 19.1 Å². The molecule has 2 aromatic rings. The average molecular weight is 396 g/mol. The molecule has 6 nitrogen and oxygen atoms in total. The van der Waals surface area contributed by atoms with Crippen molar-refractivity contribution in [3.05, 3.63) is 58.4 Å². The second-order valence-electron chi connectivity index (χ2n) is 5.57. The number of hydrogen-bond acceptors (Lipinski definition) is 4. The van der Waals surface area contributed by atoms with Crippen molar-refractivity contribution in [2.45, 2.75) is 12.8 Å². The molecule has 2 aromatic carbocycles. The largest absolute Gasteiger partial charge is 0.493 e. The van der Waals surface area contributed by atoms with Crippen LogP contribution in [-0.4, -0.2) is 37.2 Å². The van der Waals surface area contributed by atoms with Crippen LogP contribution in [0.1, 0.15) is 28.8 Å². The lowest BCUT2D eigenvalue weighted by atomic mass is 9.99. The Morgan fingerprint density at radius 2 is 1.93 bits per heavy atom. The van der Waals surface area contributed by atoms with Crippen LogP contribution in [0.25, 0.3) is 0 Å². The summed E-state index contributed by atoms with van der Waals surface area (Å²) in [5.41, 5.74) is 0.579. The molecule has 1 atom stereocenters. The fourth-order valence-corrected chi connectivity index (χ4v) is 2.74. The normalized spacial score (nSPS) is 11.6. The van der Waals surface area contributed by atoms with Crippen LogP contribution in [-0.2, 0) is 4.79 Å². The van der Waals surface area contributed by atoms with Gasteiger partial charge >= 0.3 is 5.97 Å². The molecule has 1 unspecified atom stereocenters. The van der Waals surface area contributed by atoms with Gasteiger partial charge in [0, 0.05) is 12.1 Å². The number of carboxylic acids is 1. The number of ether oxygens (including phenoxy) is 2. The van der Waals surface area contributed by atoms with Crippen LogP contribution in [0, 0.1) is 5.82 Å². The molecule has 0 aromatic heterocycles. The summed E-state index contributed by atoms with van der Waals surface area (Å²) in [6.07, 6.45) is 0. The van der Waals surface area contributed by atoms with Crippen molar-refractivity contribution in [2.24, 2.45) is 0 Å². The minimum Gasteiger partial charge on any atom is -0.493 e. The molecule has 27 heavy (non-hydrogen) atoms. The molecule has 0 bridgehead atoms. The first-order valence-electron chi connectivity index (χ1n) is 8.14. The molecule has 0 fully saturated rings. The van der Waals surface area contributed by atoms with Crippen LogP contribution < -0.4 is 14.8 Å². The predicted octanol–water partition coefficient (Wildman–Crippen LogP) is 3.48. The van der Waals surface area contributed by atoms with Gasteiger partial charge in [0.25, 0.3) is 5.91 Å². The van der Waals surface area contributed by atoms with E-state index < -0.39 is 23.6 Å². The zero-order valence-electron chi connectivity index (χ0n) is 14.8. The lowest BCUT2D eigenvalue weighted by Crippen LogP contribution is -2.31. The van der Waals surface area contributed by atoms with E-state index in [0.717, 1.165) is 0 Å². The third-order valence-electron chi connectivity index (χ3n) is 3.82. The minimum atomic E-state index is -1.13. The van der Waals surface area contributed by atoms with E-state index in [2.05, 4.69) is 5.32 Å². The highest BCUT2D eigenvalue weighted by atomic mass is 35.5. The molecule has 1 amide bonds. The molecule has 2 N–H and O–H groups in total. The van der Waals surface area contributed by atoms with E-state index in [0.29, 0.717) is 23.7 Å². The molecular weight excluding hydrogens is 377 g/mol. The van der Waals surface area contributed by atoms with E-state index in [4.69, 9.17) is 21.1 Å².